The molecule has 1 aliphatic heterocycles. The first kappa shape index (κ1) is 6.86. The second kappa shape index (κ2) is 3.05. The molecule has 11 heavy (non-hydrogen) atoms. The number of hydrogen-bond donors (Lipinski definition) is 0. The van der Waals surface area contributed by atoms with Crippen LogP contribution >= 0.6 is 0 Å². The maximum absolute atomic E-state index is 5.27. The van der Waals surface area contributed by atoms with Crippen LogP contribution in [0.25, 0.3) is 0 Å². The highest BCUT2D eigenvalue weighted by atomic mass is 16.5. The van der Waals surface area contributed by atoms with E-state index in [9.17, 15) is 0 Å². The van der Waals surface area contributed by atoms with Crippen LogP contribution in [0.2, 0.25) is 0 Å². The van der Waals surface area contributed by atoms with Crippen molar-refractivity contribution in [2.45, 2.75) is 6.42 Å². The molecule has 0 fully saturated rings. The van der Waals surface area contributed by atoms with E-state index in [0.29, 0.717) is 6.61 Å². The zero-order valence-corrected chi connectivity index (χ0v) is 6.34. The molecule has 1 aliphatic rings. The summed E-state index contributed by atoms with van der Waals surface area (Å²) in [6.07, 6.45) is 4.22. The van der Waals surface area contributed by atoms with Crippen molar-refractivity contribution in [2.75, 3.05) is 13.2 Å². The number of benzene rings is 1. The summed E-state index contributed by atoms with van der Waals surface area (Å²) in [5.41, 5.74) is 2.56. The predicted molar refractivity (Wildman–Crippen MR) is 43.3 cm³/mol. The maximum Gasteiger partial charge on any atom is 0.0582 e. The maximum atomic E-state index is 5.27. The summed E-state index contributed by atoms with van der Waals surface area (Å²) in [5.74, 6) is 0. The first-order chi connectivity index (χ1) is 5.47. The van der Waals surface area contributed by atoms with Gasteiger partial charge in [0.25, 0.3) is 0 Å². The zero-order chi connectivity index (χ0) is 7.52. The van der Waals surface area contributed by atoms with E-state index >= 15 is 0 Å². The molecule has 1 heteroatoms. The lowest BCUT2D eigenvalue weighted by molar-refractivity contribution is 0.163. The molecule has 1 aromatic carbocycles. The standard InChI is InChI=1S/C10H10O/c1-2-4-10-6-8-11-7-5-9(10)3-1/h1-4H,5,7-8H2. The van der Waals surface area contributed by atoms with E-state index in [1.54, 1.807) is 0 Å². The lowest BCUT2D eigenvalue weighted by Crippen LogP contribution is -1.93. The average molecular weight is 146 g/mol. The van der Waals surface area contributed by atoms with E-state index in [1.165, 1.54) is 11.1 Å². The van der Waals surface area contributed by atoms with Crippen molar-refractivity contribution in [2.24, 2.45) is 0 Å². The van der Waals surface area contributed by atoms with E-state index in [-0.39, 0.29) is 0 Å². The highest BCUT2D eigenvalue weighted by Gasteiger charge is 2.06. The van der Waals surface area contributed by atoms with Crippen molar-refractivity contribution < 1.29 is 4.74 Å². The summed E-state index contributed by atoms with van der Waals surface area (Å²) in [4.78, 5) is 0. The van der Waals surface area contributed by atoms with Gasteiger partial charge in [-0.1, -0.05) is 24.3 Å². The summed E-state index contributed by atoms with van der Waals surface area (Å²) < 4.78 is 5.27. The summed E-state index contributed by atoms with van der Waals surface area (Å²) in [7, 11) is 0. The Morgan fingerprint density at radius 2 is 2.18 bits per heavy atom. The van der Waals surface area contributed by atoms with Crippen molar-refractivity contribution in [3.63, 3.8) is 0 Å². The summed E-state index contributed by atoms with van der Waals surface area (Å²) in [5, 5.41) is 0. The summed E-state index contributed by atoms with van der Waals surface area (Å²) in [6.45, 7) is 1.46. The van der Waals surface area contributed by atoms with Crippen LogP contribution in [0.3, 0.4) is 0 Å². The third-order valence-corrected chi connectivity index (χ3v) is 1.90. The van der Waals surface area contributed by atoms with Gasteiger partial charge in [0.2, 0.25) is 0 Å². The molecule has 2 radical (unpaired) electrons. The largest absolute Gasteiger partial charge is 0.380 e. The minimum Gasteiger partial charge on any atom is -0.380 e. The molecule has 1 heterocycles. The second-order valence-corrected chi connectivity index (χ2v) is 2.64. The first-order valence-electron chi connectivity index (χ1n) is 3.86. The van der Waals surface area contributed by atoms with Gasteiger partial charge in [0, 0.05) is 6.42 Å². The van der Waals surface area contributed by atoms with Crippen LogP contribution in [0.1, 0.15) is 11.1 Å². The Kier molecular flexibility index (Phi) is 1.91. The van der Waals surface area contributed by atoms with E-state index < -0.39 is 0 Å². The average Bonchev–Trinajstić information content (AvgIpc) is 2.28. The van der Waals surface area contributed by atoms with E-state index in [4.69, 9.17) is 4.74 Å². The molecule has 1 nitrogen and oxygen atoms in total. The molecule has 0 atom stereocenters. The van der Waals surface area contributed by atoms with Crippen LogP contribution in [-0.4, -0.2) is 13.2 Å². The third kappa shape index (κ3) is 1.43. The third-order valence-electron chi connectivity index (χ3n) is 1.90. The predicted octanol–water partition coefficient (Wildman–Crippen LogP) is 1.69. The molecule has 2 rings (SSSR count). The Morgan fingerprint density at radius 1 is 1.27 bits per heavy atom. The molecule has 0 unspecified atom stereocenters. The van der Waals surface area contributed by atoms with Crippen molar-refractivity contribution in [1.29, 1.82) is 0 Å². The molecule has 1 aromatic rings. The molecule has 0 bridgehead atoms. The summed E-state index contributed by atoms with van der Waals surface area (Å²) >= 11 is 0. The van der Waals surface area contributed by atoms with Crippen molar-refractivity contribution >= 4 is 0 Å². The Balaban J connectivity index is 2.33. The highest BCUT2D eigenvalue weighted by Crippen LogP contribution is 2.14. The van der Waals surface area contributed by atoms with Gasteiger partial charge in [0.15, 0.2) is 0 Å². The van der Waals surface area contributed by atoms with Gasteiger partial charge in [-0.3, -0.25) is 0 Å². The van der Waals surface area contributed by atoms with Crippen LogP contribution in [-0.2, 0) is 11.2 Å². The van der Waals surface area contributed by atoms with E-state index in [2.05, 4.69) is 24.6 Å². The van der Waals surface area contributed by atoms with Gasteiger partial charge in [0.05, 0.1) is 13.2 Å². The molecular weight excluding hydrogens is 136 g/mol. The van der Waals surface area contributed by atoms with Crippen LogP contribution in [0, 0.1) is 6.42 Å². The zero-order valence-electron chi connectivity index (χ0n) is 6.34. The molecule has 0 aliphatic carbocycles. The molecule has 0 spiro atoms. The topological polar surface area (TPSA) is 9.23 Å². The van der Waals surface area contributed by atoms with E-state index in [0.717, 1.165) is 13.0 Å². The van der Waals surface area contributed by atoms with Crippen LogP contribution in [0.15, 0.2) is 24.3 Å². The fourth-order valence-corrected chi connectivity index (χ4v) is 1.29. The van der Waals surface area contributed by atoms with Crippen LogP contribution < -0.4 is 0 Å². The van der Waals surface area contributed by atoms with Crippen LogP contribution in [0.5, 0.6) is 0 Å². The molecule has 0 saturated carbocycles. The minimum absolute atomic E-state index is 0.636. The molecule has 0 N–H and O–H groups in total. The molecule has 56 valence electrons. The number of rotatable bonds is 0. The molecule has 0 aromatic heterocycles. The number of hydrogen-bond acceptors (Lipinski definition) is 1. The van der Waals surface area contributed by atoms with Gasteiger partial charge in [-0.15, -0.1) is 0 Å². The van der Waals surface area contributed by atoms with Gasteiger partial charge >= 0.3 is 0 Å². The van der Waals surface area contributed by atoms with Crippen LogP contribution in [0.4, 0.5) is 0 Å². The smallest absolute Gasteiger partial charge is 0.0582 e. The molecule has 0 amide bonds. The monoisotopic (exact) mass is 146 g/mol. The van der Waals surface area contributed by atoms with Crippen molar-refractivity contribution in [1.82, 2.24) is 0 Å². The lowest BCUT2D eigenvalue weighted by atomic mass is 10.0. The first-order valence-corrected chi connectivity index (χ1v) is 3.86. The highest BCUT2D eigenvalue weighted by molar-refractivity contribution is 5.33. The Morgan fingerprint density at radius 3 is 3.18 bits per heavy atom. The van der Waals surface area contributed by atoms with Gasteiger partial charge in [-0.05, 0) is 17.5 Å². The molecular formula is C10H10O. The Hall–Kier alpha value is -0.820. The normalized spacial score (nSPS) is 17.1. The van der Waals surface area contributed by atoms with Gasteiger partial charge < -0.3 is 4.74 Å². The van der Waals surface area contributed by atoms with Crippen molar-refractivity contribution in [3.8, 4) is 0 Å². The van der Waals surface area contributed by atoms with Gasteiger partial charge in [-0.2, -0.15) is 0 Å². The Bertz CT molecular complexity index is 217. The number of ether oxygens (including phenoxy) is 1. The van der Waals surface area contributed by atoms with Crippen molar-refractivity contribution in [3.05, 3.63) is 41.8 Å². The Labute approximate surface area is 67.0 Å². The van der Waals surface area contributed by atoms with Gasteiger partial charge in [0.1, 0.15) is 0 Å². The minimum atomic E-state index is 0.636. The van der Waals surface area contributed by atoms with E-state index in [1.807, 2.05) is 6.07 Å². The fourth-order valence-electron chi connectivity index (χ4n) is 1.29. The second-order valence-electron chi connectivity index (χ2n) is 2.64. The SMILES string of the molecule is [C]1COCCc2ccccc21. The lowest BCUT2D eigenvalue weighted by Gasteiger charge is -2.00. The summed E-state index contributed by atoms with van der Waals surface area (Å²) in [6, 6.07) is 8.32. The van der Waals surface area contributed by atoms with Gasteiger partial charge in [-0.25, -0.2) is 0 Å². The molecule has 0 saturated heterocycles. The quantitative estimate of drug-likeness (QED) is 0.541. The number of fused-ring (bicyclic) bond motifs is 1. The fraction of sp³-hybridized carbons (Fsp3) is 0.300.